The highest BCUT2D eigenvalue weighted by molar-refractivity contribution is 5.12. The minimum atomic E-state index is 0.737. The molecule has 1 unspecified atom stereocenters. The minimum Gasteiger partial charge on any atom is -0.311 e. The third-order valence-corrected chi connectivity index (χ3v) is 3.75. The molecular formula is C11H17N3. The van der Waals surface area contributed by atoms with E-state index in [2.05, 4.69) is 23.5 Å². The van der Waals surface area contributed by atoms with Crippen LogP contribution in [0.4, 0.5) is 0 Å². The molecule has 0 radical (unpaired) electrons. The maximum Gasteiger partial charge on any atom is 0.0492 e. The molecule has 3 nitrogen and oxygen atoms in total. The van der Waals surface area contributed by atoms with Crippen molar-refractivity contribution in [1.82, 2.24) is 15.1 Å². The fourth-order valence-corrected chi connectivity index (χ4v) is 3.08. The predicted molar refractivity (Wildman–Crippen MR) is 55.1 cm³/mol. The first-order valence-electron chi connectivity index (χ1n) is 5.57. The summed E-state index contributed by atoms with van der Waals surface area (Å²) in [5.74, 6) is 0.737. The monoisotopic (exact) mass is 191 g/mol. The summed E-state index contributed by atoms with van der Waals surface area (Å²) in [6.45, 7) is 0. The van der Waals surface area contributed by atoms with Gasteiger partial charge in [-0.3, -0.25) is 4.68 Å². The van der Waals surface area contributed by atoms with Crippen molar-refractivity contribution >= 4 is 0 Å². The number of piperidine rings is 1. The second kappa shape index (κ2) is 3.09. The largest absolute Gasteiger partial charge is 0.311 e. The van der Waals surface area contributed by atoms with Crippen LogP contribution in [0.1, 0.15) is 37.3 Å². The fourth-order valence-electron chi connectivity index (χ4n) is 3.08. The summed E-state index contributed by atoms with van der Waals surface area (Å²) in [6, 6.07) is 3.72. The number of hydrogen-bond acceptors (Lipinski definition) is 2. The van der Waals surface area contributed by atoms with Gasteiger partial charge in [0.15, 0.2) is 0 Å². The van der Waals surface area contributed by atoms with E-state index in [-0.39, 0.29) is 0 Å². The second-order valence-electron chi connectivity index (χ2n) is 4.69. The molecule has 14 heavy (non-hydrogen) atoms. The Hall–Kier alpha value is -0.830. The van der Waals surface area contributed by atoms with Crippen molar-refractivity contribution in [2.75, 3.05) is 0 Å². The van der Waals surface area contributed by atoms with Gasteiger partial charge in [-0.15, -0.1) is 0 Å². The van der Waals surface area contributed by atoms with E-state index in [4.69, 9.17) is 0 Å². The zero-order chi connectivity index (χ0) is 9.54. The van der Waals surface area contributed by atoms with Crippen LogP contribution in [0.5, 0.6) is 0 Å². The van der Waals surface area contributed by atoms with Crippen molar-refractivity contribution in [3.63, 3.8) is 0 Å². The summed E-state index contributed by atoms with van der Waals surface area (Å²) in [5.41, 5.74) is 1.42. The molecule has 3 heteroatoms. The van der Waals surface area contributed by atoms with Crippen LogP contribution in [0.15, 0.2) is 12.3 Å². The van der Waals surface area contributed by atoms with Gasteiger partial charge < -0.3 is 5.32 Å². The lowest BCUT2D eigenvalue weighted by Crippen LogP contribution is -2.37. The van der Waals surface area contributed by atoms with Crippen molar-refractivity contribution in [1.29, 1.82) is 0 Å². The van der Waals surface area contributed by atoms with Crippen LogP contribution in [0.2, 0.25) is 0 Å². The molecule has 2 fully saturated rings. The van der Waals surface area contributed by atoms with E-state index in [1.54, 1.807) is 0 Å². The molecule has 3 heterocycles. The molecule has 3 rings (SSSR count). The van der Waals surface area contributed by atoms with Gasteiger partial charge in [-0.1, -0.05) is 0 Å². The van der Waals surface area contributed by atoms with Crippen molar-refractivity contribution in [2.24, 2.45) is 7.05 Å². The molecule has 0 saturated carbocycles. The van der Waals surface area contributed by atoms with E-state index < -0.39 is 0 Å². The van der Waals surface area contributed by atoms with Gasteiger partial charge in [-0.2, -0.15) is 5.10 Å². The fraction of sp³-hybridized carbons (Fsp3) is 0.727. The summed E-state index contributed by atoms with van der Waals surface area (Å²) in [4.78, 5) is 0. The Kier molecular flexibility index (Phi) is 1.87. The number of nitrogens with zero attached hydrogens (tertiary/aromatic N) is 2. The third kappa shape index (κ3) is 1.27. The van der Waals surface area contributed by atoms with Crippen LogP contribution in [0, 0.1) is 0 Å². The summed E-state index contributed by atoms with van der Waals surface area (Å²) >= 11 is 0. The third-order valence-electron chi connectivity index (χ3n) is 3.75. The minimum absolute atomic E-state index is 0.737. The van der Waals surface area contributed by atoms with Crippen LogP contribution in [0.25, 0.3) is 0 Å². The van der Waals surface area contributed by atoms with Crippen LogP contribution in [-0.4, -0.2) is 21.9 Å². The second-order valence-corrected chi connectivity index (χ2v) is 4.69. The average molecular weight is 191 g/mol. The number of aryl methyl sites for hydroxylation is 1. The molecule has 3 atom stereocenters. The van der Waals surface area contributed by atoms with Crippen LogP contribution in [-0.2, 0) is 7.05 Å². The van der Waals surface area contributed by atoms with E-state index in [0.29, 0.717) is 0 Å². The Morgan fingerprint density at radius 1 is 1.36 bits per heavy atom. The van der Waals surface area contributed by atoms with Gasteiger partial charge in [-0.05, 0) is 31.7 Å². The van der Waals surface area contributed by atoms with E-state index in [0.717, 1.165) is 18.0 Å². The van der Waals surface area contributed by atoms with Crippen molar-refractivity contribution < 1.29 is 0 Å². The SMILES string of the molecule is Cn1nccc1C1C[C@H]2CC[C@@H](C1)N2. The highest BCUT2D eigenvalue weighted by Crippen LogP contribution is 2.36. The number of fused-ring (bicyclic) bond motifs is 2. The molecule has 1 N–H and O–H groups in total. The molecule has 1 aromatic rings. The molecule has 2 bridgehead atoms. The lowest BCUT2D eigenvalue weighted by Gasteiger charge is -2.29. The van der Waals surface area contributed by atoms with Gasteiger partial charge in [0.2, 0.25) is 0 Å². The zero-order valence-electron chi connectivity index (χ0n) is 8.61. The Balaban J connectivity index is 1.84. The maximum atomic E-state index is 4.26. The molecule has 1 aromatic heterocycles. The van der Waals surface area contributed by atoms with Gasteiger partial charge in [0.1, 0.15) is 0 Å². The molecule has 0 amide bonds. The molecule has 76 valence electrons. The molecule has 0 aromatic carbocycles. The first-order chi connectivity index (χ1) is 6.83. The van der Waals surface area contributed by atoms with Gasteiger partial charge in [-0.25, -0.2) is 0 Å². The lowest BCUT2D eigenvalue weighted by atomic mass is 9.90. The van der Waals surface area contributed by atoms with Crippen molar-refractivity contribution in [3.05, 3.63) is 18.0 Å². The zero-order valence-corrected chi connectivity index (χ0v) is 8.61. The first-order valence-corrected chi connectivity index (χ1v) is 5.57. The standard InChI is InChI=1S/C11H17N3/c1-14-11(4-5-12-14)8-6-9-2-3-10(7-8)13-9/h4-5,8-10,13H,2-3,6-7H2,1H3/t8?,9-,10+. The van der Waals surface area contributed by atoms with E-state index in [1.165, 1.54) is 31.4 Å². The Morgan fingerprint density at radius 3 is 2.64 bits per heavy atom. The van der Waals surface area contributed by atoms with Gasteiger partial charge in [0.25, 0.3) is 0 Å². The quantitative estimate of drug-likeness (QED) is 0.727. The van der Waals surface area contributed by atoms with E-state index in [1.807, 2.05) is 10.9 Å². The van der Waals surface area contributed by atoms with Crippen LogP contribution >= 0.6 is 0 Å². The molecular weight excluding hydrogens is 174 g/mol. The summed E-state index contributed by atoms with van der Waals surface area (Å²) < 4.78 is 2.04. The highest BCUT2D eigenvalue weighted by Gasteiger charge is 2.34. The summed E-state index contributed by atoms with van der Waals surface area (Å²) in [6.07, 6.45) is 7.27. The Labute approximate surface area is 84.5 Å². The normalized spacial score (nSPS) is 36.2. The molecule has 2 aliphatic rings. The Bertz CT molecular complexity index is 319. The van der Waals surface area contributed by atoms with Crippen LogP contribution in [0.3, 0.4) is 0 Å². The molecule has 2 aliphatic heterocycles. The number of hydrogen-bond donors (Lipinski definition) is 1. The summed E-state index contributed by atoms with van der Waals surface area (Å²) in [7, 11) is 2.05. The number of aromatic nitrogens is 2. The first kappa shape index (κ1) is 8.48. The van der Waals surface area contributed by atoms with Gasteiger partial charge in [0, 0.05) is 36.9 Å². The smallest absolute Gasteiger partial charge is 0.0492 e. The predicted octanol–water partition coefficient (Wildman–Crippen LogP) is 1.42. The summed E-state index contributed by atoms with van der Waals surface area (Å²) in [5, 5.41) is 7.93. The molecule has 0 aliphatic carbocycles. The molecule has 2 saturated heterocycles. The molecule has 0 spiro atoms. The van der Waals surface area contributed by atoms with Crippen molar-refractivity contribution in [2.45, 2.75) is 43.7 Å². The van der Waals surface area contributed by atoms with E-state index >= 15 is 0 Å². The average Bonchev–Trinajstić information content (AvgIpc) is 2.73. The van der Waals surface area contributed by atoms with Crippen molar-refractivity contribution in [3.8, 4) is 0 Å². The Morgan fingerprint density at radius 2 is 2.07 bits per heavy atom. The van der Waals surface area contributed by atoms with E-state index in [9.17, 15) is 0 Å². The maximum absolute atomic E-state index is 4.26. The highest BCUT2D eigenvalue weighted by atomic mass is 15.3. The lowest BCUT2D eigenvalue weighted by molar-refractivity contribution is 0.352. The van der Waals surface area contributed by atoms with Gasteiger partial charge in [0.05, 0.1) is 0 Å². The number of rotatable bonds is 1. The van der Waals surface area contributed by atoms with Gasteiger partial charge >= 0.3 is 0 Å². The van der Waals surface area contributed by atoms with Crippen LogP contribution < -0.4 is 5.32 Å². The topological polar surface area (TPSA) is 29.9 Å². The number of nitrogens with one attached hydrogen (secondary N) is 1.